The van der Waals surface area contributed by atoms with Crippen molar-refractivity contribution < 1.29 is 18.4 Å². The molecule has 0 bridgehead atoms. The van der Waals surface area contributed by atoms with E-state index in [-0.39, 0.29) is 17.8 Å². The maximum Gasteiger partial charge on any atom is 0.245 e. The van der Waals surface area contributed by atoms with Crippen molar-refractivity contribution in [3.05, 3.63) is 23.8 Å². The fourth-order valence-corrected chi connectivity index (χ4v) is 2.21. The van der Waals surface area contributed by atoms with Gasteiger partial charge in [0.15, 0.2) is 12.5 Å². The lowest BCUT2D eigenvalue weighted by Gasteiger charge is -2.13. The molecule has 0 saturated heterocycles. The second-order valence-corrected chi connectivity index (χ2v) is 5.79. The normalized spacial score (nSPS) is 11.6. The predicted octanol–water partition coefficient (Wildman–Crippen LogP) is 1.64. The Bertz CT molecular complexity index is 789. The van der Waals surface area contributed by atoms with Crippen LogP contribution in [0.2, 0.25) is 0 Å². The van der Waals surface area contributed by atoms with Gasteiger partial charge >= 0.3 is 0 Å². The largest absolute Gasteiger partial charge is 0.479 e. The number of nitrogens with zero attached hydrogens (tertiary/aromatic N) is 3. The first-order chi connectivity index (χ1) is 11.6. The van der Waals surface area contributed by atoms with Gasteiger partial charge < -0.3 is 14.2 Å². The molecule has 0 saturated carbocycles. The van der Waals surface area contributed by atoms with Crippen molar-refractivity contribution in [1.82, 2.24) is 15.2 Å². The highest BCUT2D eigenvalue weighted by molar-refractivity contribution is 7.84. The van der Waals surface area contributed by atoms with Crippen LogP contribution in [-0.4, -0.2) is 46.2 Å². The molecule has 0 spiro atoms. The van der Waals surface area contributed by atoms with Crippen molar-refractivity contribution in [3.63, 3.8) is 0 Å². The van der Waals surface area contributed by atoms with Crippen LogP contribution in [0.15, 0.2) is 23.4 Å². The predicted molar refractivity (Wildman–Crippen MR) is 89.2 cm³/mol. The topological polar surface area (TPSA) is 83.4 Å². The highest BCUT2D eigenvalue weighted by atomic mass is 32.2. The van der Waals surface area contributed by atoms with Crippen LogP contribution in [0.1, 0.15) is 12.5 Å². The molecule has 1 heterocycles. The lowest BCUT2D eigenvalue weighted by atomic mass is 10.1. The van der Waals surface area contributed by atoms with E-state index >= 15 is 0 Å². The molecule has 1 unspecified atom stereocenters. The molecule has 8 heteroatoms. The monoisotopic (exact) mass is 347 g/mol. The van der Waals surface area contributed by atoms with Gasteiger partial charge in [-0.05, 0) is 25.1 Å². The number of aromatic nitrogens is 3. The summed E-state index contributed by atoms with van der Waals surface area (Å²) in [5.41, 5.74) is 1.61. The second kappa shape index (κ2) is 8.38. The molecule has 0 amide bonds. The summed E-state index contributed by atoms with van der Waals surface area (Å²) >= 11 is 0. The fourth-order valence-electron chi connectivity index (χ4n) is 1.85. The molecule has 1 aromatic heterocycles. The molecule has 0 fully saturated rings. The summed E-state index contributed by atoms with van der Waals surface area (Å²) in [6, 6.07) is 5.19. The summed E-state index contributed by atoms with van der Waals surface area (Å²) in [7, 11) is 0.0863. The highest BCUT2D eigenvalue weighted by Crippen LogP contribution is 2.34. The Morgan fingerprint density at radius 2 is 2.12 bits per heavy atom. The number of ether oxygens (including phenoxy) is 3. The van der Waals surface area contributed by atoms with Crippen LogP contribution < -0.4 is 9.47 Å². The molecule has 0 radical (unpaired) electrons. The Morgan fingerprint density at radius 3 is 2.75 bits per heavy atom. The average molecular weight is 347 g/mol. The Labute approximate surface area is 142 Å². The average Bonchev–Trinajstić information content (AvgIpc) is 2.61. The van der Waals surface area contributed by atoms with E-state index in [0.717, 1.165) is 0 Å². The van der Waals surface area contributed by atoms with Crippen LogP contribution in [-0.2, 0) is 15.5 Å². The molecular formula is C16H17N3O4S. The molecule has 2 rings (SSSR count). The molecule has 0 N–H and O–H groups in total. The molecule has 0 aliphatic heterocycles. The quantitative estimate of drug-likeness (QED) is 0.428. The molecule has 7 nitrogen and oxygen atoms in total. The van der Waals surface area contributed by atoms with Gasteiger partial charge in [-0.15, -0.1) is 16.6 Å². The molecule has 24 heavy (non-hydrogen) atoms. The summed E-state index contributed by atoms with van der Waals surface area (Å²) in [6.07, 6.45) is 6.90. The SMILES string of the molecule is C#Cc1ccc(-c2nnc(S(C)=O)nc2OC)c(OCOCC)c1. The van der Waals surface area contributed by atoms with Gasteiger partial charge in [0.2, 0.25) is 11.0 Å². The minimum atomic E-state index is -1.36. The van der Waals surface area contributed by atoms with E-state index in [1.807, 2.05) is 6.92 Å². The van der Waals surface area contributed by atoms with Crippen molar-refractivity contribution in [3.8, 4) is 35.2 Å². The second-order valence-electron chi connectivity index (χ2n) is 4.52. The number of benzene rings is 1. The van der Waals surface area contributed by atoms with Crippen LogP contribution in [0.3, 0.4) is 0 Å². The maximum atomic E-state index is 11.5. The summed E-state index contributed by atoms with van der Waals surface area (Å²) in [4.78, 5) is 4.12. The van der Waals surface area contributed by atoms with Crippen LogP contribution in [0.4, 0.5) is 0 Å². The molecule has 0 aliphatic rings. The zero-order valence-electron chi connectivity index (χ0n) is 13.6. The van der Waals surface area contributed by atoms with E-state index in [1.165, 1.54) is 13.4 Å². The first-order valence-electron chi connectivity index (χ1n) is 7.04. The lowest BCUT2D eigenvalue weighted by Crippen LogP contribution is -2.07. The molecule has 1 aromatic carbocycles. The molecule has 1 atom stereocenters. The molecular weight excluding hydrogens is 330 g/mol. The first-order valence-corrected chi connectivity index (χ1v) is 8.60. The van der Waals surface area contributed by atoms with Crippen LogP contribution >= 0.6 is 0 Å². The van der Waals surface area contributed by atoms with E-state index < -0.39 is 10.8 Å². The van der Waals surface area contributed by atoms with Gasteiger partial charge in [-0.3, -0.25) is 4.21 Å². The summed E-state index contributed by atoms with van der Waals surface area (Å²) < 4.78 is 27.6. The van der Waals surface area contributed by atoms with Crippen molar-refractivity contribution >= 4 is 10.8 Å². The van der Waals surface area contributed by atoms with Crippen LogP contribution in [0.5, 0.6) is 11.6 Å². The minimum absolute atomic E-state index is 0.0672. The number of methoxy groups -OCH3 is 1. The van der Waals surface area contributed by atoms with E-state index in [0.29, 0.717) is 29.2 Å². The molecule has 2 aromatic rings. The maximum absolute atomic E-state index is 11.5. The smallest absolute Gasteiger partial charge is 0.245 e. The van der Waals surface area contributed by atoms with Gasteiger partial charge in [0.1, 0.15) is 5.75 Å². The first kappa shape index (κ1) is 17.8. The van der Waals surface area contributed by atoms with E-state index in [4.69, 9.17) is 20.6 Å². The van der Waals surface area contributed by atoms with Crippen molar-refractivity contribution in [1.29, 1.82) is 0 Å². The van der Waals surface area contributed by atoms with E-state index in [9.17, 15) is 4.21 Å². The summed E-state index contributed by atoms with van der Waals surface area (Å²) in [5.74, 6) is 3.22. The van der Waals surface area contributed by atoms with Gasteiger partial charge in [0.25, 0.3) is 0 Å². The minimum Gasteiger partial charge on any atom is -0.479 e. The zero-order valence-corrected chi connectivity index (χ0v) is 14.4. The molecule has 0 aliphatic carbocycles. The van der Waals surface area contributed by atoms with Gasteiger partial charge in [-0.25, -0.2) is 0 Å². The van der Waals surface area contributed by atoms with Gasteiger partial charge in [0, 0.05) is 24.0 Å². The van der Waals surface area contributed by atoms with Gasteiger partial charge in [0.05, 0.1) is 17.9 Å². The number of hydrogen-bond acceptors (Lipinski definition) is 7. The van der Waals surface area contributed by atoms with Crippen molar-refractivity contribution in [2.75, 3.05) is 26.8 Å². The fraction of sp³-hybridized carbons (Fsp3) is 0.312. The Balaban J connectivity index is 2.50. The zero-order chi connectivity index (χ0) is 17.5. The van der Waals surface area contributed by atoms with Gasteiger partial charge in [-0.1, -0.05) is 5.92 Å². The molecule has 126 valence electrons. The van der Waals surface area contributed by atoms with Crippen LogP contribution in [0.25, 0.3) is 11.3 Å². The summed E-state index contributed by atoms with van der Waals surface area (Å²) in [6.45, 7) is 2.45. The Hall–Kier alpha value is -2.50. The third-order valence-corrected chi connectivity index (χ3v) is 3.68. The van der Waals surface area contributed by atoms with E-state index in [1.54, 1.807) is 18.2 Å². The standard InChI is InChI=1S/C16H17N3O4S/c1-5-11-7-8-12(13(9-11)23-10-22-6-2)14-15(21-3)17-16(19-18-14)24(4)20/h1,7-9H,6,10H2,2-4H3. The third-order valence-electron chi connectivity index (χ3n) is 2.99. The highest BCUT2D eigenvalue weighted by Gasteiger charge is 2.18. The lowest BCUT2D eigenvalue weighted by molar-refractivity contribution is 0.0227. The third kappa shape index (κ3) is 4.07. The number of terminal acetylenes is 1. The van der Waals surface area contributed by atoms with Crippen LogP contribution in [0, 0.1) is 12.3 Å². The van der Waals surface area contributed by atoms with Crippen molar-refractivity contribution in [2.45, 2.75) is 12.1 Å². The summed E-state index contributed by atoms with van der Waals surface area (Å²) in [5, 5.41) is 8.05. The van der Waals surface area contributed by atoms with Gasteiger partial charge in [-0.2, -0.15) is 4.98 Å². The van der Waals surface area contributed by atoms with E-state index in [2.05, 4.69) is 21.1 Å². The Kier molecular flexibility index (Phi) is 6.23. The Morgan fingerprint density at radius 1 is 1.33 bits per heavy atom. The van der Waals surface area contributed by atoms with Crippen molar-refractivity contribution in [2.24, 2.45) is 0 Å². The number of hydrogen-bond donors (Lipinski definition) is 0. The number of rotatable bonds is 7.